The fourth-order valence-electron chi connectivity index (χ4n) is 2.54. The van der Waals surface area contributed by atoms with Gasteiger partial charge in [0.1, 0.15) is 6.54 Å². The van der Waals surface area contributed by atoms with Gasteiger partial charge < -0.3 is 14.8 Å². The average molecular weight is 356 g/mol. The van der Waals surface area contributed by atoms with E-state index in [1.165, 1.54) is 4.40 Å². The van der Waals surface area contributed by atoms with Crippen LogP contribution < -0.4 is 20.5 Å². The zero-order chi connectivity index (χ0) is 18.5. The van der Waals surface area contributed by atoms with Crippen molar-refractivity contribution in [3.63, 3.8) is 0 Å². The van der Waals surface area contributed by atoms with Crippen molar-refractivity contribution in [3.8, 4) is 11.5 Å². The lowest BCUT2D eigenvalue weighted by Crippen LogP contribution is -2.28. The minimum absolute atomic E-state index is 0.183. The van der Waals surface area contributed by atoms with Crippen LogP contribution in [0.15, 0.2) is 47.4 Å². The van der Waals surface area contributed by atoms with Crippen molar-refractivity contribution in [2.75, 3.05) is 18.5 Å². The number of carbonyl (C=O) groups is 1. The SMILES string of the molecule is CCOc1ccc(NC(=O)Cn2nc3ccccn3c2=O)cc1OCC. The number of rotatable bonds is 7. The van der Waals surface area contributed by atoms with Crippen molar-refractivity contribution < 1.29 is 14.3 Å². The first kappa shape index (κ1) is 17.5. The fraction of sp³-hybridized carbons (Fsp3) is 0.278. The number of anilines is 1. The Hall–Kier alpha value is -3.29. The Labute approximate surface area is 150 Å². The van der Waals surface area contributed by atoms with E-state index in [1.807, 2.05) is 13.8 Å². The summed E-state index contributed by atoms with van der Waals surface area (Å²) in [5, 5.41) is 6.89. The molecule has 1 amide bonds. The molecule has 1 aromatic carbocycles. The van der Waals surface area contributed by atoms with Crippen LogP contribution in [0.3, 0.4) is 0 Å². The Morgan fingerprint density at radius 3 is 2.62 bits per heavy atom. The summed E-state index contributed by atoms with van der Waals surface area (Å²) in [6, 6.07) is 10.4. The zero-order valence-electron chi connectivity index (χ0n) is 14.6. The van der Waals surface area contributed by atoms with Crippen LogP contribution in [0, 0.1) is 0 Å². The molecule has 0 aliphatic rings. The minimum atomic E-state index is -0.363. The highest BCUT2D eigenvalue weighted by atomic mass is 16.5. The number of nitrogens with zero attached hydrogens (tertiary/aromatic N) is 3. The summed E-state index contributed by atoms with van der Waals surface area (Å²) >= 11 is 0. The van der Waals surface area contributed by atoms with E-state index in [-0.39, 0.29) is 18.1 Å². The molecule has 0 saturated heterocycles. The molecule has 3 rings (SSSR count). The topological polar surface area (TPSA) is 86.9 Å². The molecular formula is C18H20N4O4. The number of aromatic nitrogens is 3. The molecule has 0 bridgehead atoms. The molecule has 0 aliphatic carbocycles. The summed E-state index contributed by atoms with van der Waals surface area (Å²) < 4.78 is 13.6. The number of hydrogen-bond acceptors (Lipinski definition) is 5. The van der Waals surface area contributed by atoms with Crippen molar-refractivity contribution in [1.29, 1.82) is 0 Å². The Morgan fingerprint density at radius 2 is 1.88 bits per heavy atom. The van der Waals surface area contributed by atoms with E-state index in [9.17, 15) is 9.59 Å². The number of fused-ring (bicyclic) bond motifs is 1. The summed E-state index contributed by atoms with van der Waals surface area (Å²) in [6.45, 7) is 4.57. The highest BCUT2D eigenvalue weighted by Gasteiger charge is 2.12. The van der Waals surface area contributed by atoms with Crippen molar-refractivity contribution in [2.24, 2.45) is 0 Å². The van der Waals surface area contributed by atoms with Gasteiger partial charge in [0.15, 0.2) is 17.1 Å². The van der Waals surface area contributed by atoms with Crippen molar-refractivity contribution in [2.45, 2.75) is 20.4 Å². The molecule has 26 heavy (non-hydrogen) atoms. The zero-order valence-corrected chi connectivity index (χ0v) is 14.6. The van der Waals surface area contributed by atoms with Crippen LogP contribution in [0.5, 0.6) is 11.5 Å². The predicted octanol–water partition coefficient (Wildman–Crippen LogP) is 1.93. The maximum atomic E-state index is 12.3. The molecule has 0 spiro atoms. The molecule has 0 unspecified atom stereocenters. The normalized spacial score (nSPS) is 10.7. The van der Waals surface area contributed by atoms with Crippen molar-refractivity contribution in [1.82, 2.24) is 14.2 Å². The average Bonchev–Trinajstić information content (AvgIpc) is 2.93. The number of amides is 1. The smallest absolute Gasteiger partial charge is 0.350 e. The summed E-state index contributed by atoms with van der Waals surface area (Å²) in [7, 11) is 0. The quantitative estimate of drug-likeness (QED) is 0.699. The fourth-order valence-corrected chi connectivity index (χ4v) is 2.54. The van der Waals surface area contributed by atoms with Gasteiger partial charge in [-0.15, -0.1) is 5.10 Å². The lowest BCUT2D eigenvalue weighted by molar-refractivity contribution is -0.117. The molecule has 0 aliphatic heterocycles. The Kier molecular flexibility index (Phi) is 5.21. The molecule has 1 N–H and O–H groups in total. The molecule has 8 heteroatoms. The van der Waals surface area contributed by atoms with Gasteiger partial charge in [-0.1, -0.05) is 6.07 Å². The van der Waals surface area contributed by atoms with Gasteiger partial charge in [0.05, 0.1) is 13.2 Å². The van der Waals surface area contributed by atoms with Crippen LogP contribution in [0.2, 0.25) is 0 Å². The maximum Gasteiger partial charge on any atom is 0.350 e. The highest BCUT2D eigenvalue weighted by Crippen LogP contribution is 2.30. The third kappa shape index (κ3) is 3.69. The van der Waals surface area contributed by atoms with Gasteiger partial charge in [0.2, 0.25) is 5.91 Å². The maximum absolute atomic E-state index is 12.3. The molecular weight excluding hydrogens is 336 g/mol. The number of nitrogens with one attached hydrogen (secondary N) is 1. The Balaban J connectivity index is 1.75. The molecule has 0 atom stereocenters. The second kappa shape index (κ2) is 7.73. The van der Waals surface area contributed by atoms with E-state index >= 15 is 0 Å². The number of benzene rings is 1. The lowest BCUT2D eigenvalue weighted by atomic mass is 10.2. The third-order valence-corrected chi connectivity index (χ3v) is 3.61. The lowest BCUT2D eigenvalue weighted by Gasteiger charge is -2.13. The van der Waals surface area contributed by atoms with Crippen molar-refractivity contribution >= 4 is 17.2 Å². The van der Waals surface area contributed by atoms with E-state index in [4.69, 9.17) is 9.47 Å². The summed E-state index contributed by atoms with van der Waals surface area (Å²) in [5.41, 5.74) is 0.682. The van der Waals surface area contributed by atoms with Gasteiger partial charge in [-0.3, -0.25) is 9.20 Å². The monoisotopic (exact) mass is 356 g/mol. The van der Waals surface area contributed by atoms with Crippen LogP contribution in [0.4, 0.5) is 5.69 Å². The van der Waals surface area contributed by atoms with Crippen LogP contribution in [0.25, 0.3) is 5.65 Å². The van der Waals surface area contributed by atoms with Gasteiger partial charge in [-0.25, -0.2) is 9.48 Å². The van der Waals surface area contributed by atoms with Gasteiger partial charge in [-0.05, 0) is 38.1 Å². The predicted molar refractivity (Wildman–Crippen MR) is 96.9 cm³/mol. The molecule has 0 fully saturated rings. The van der Waals surface area contributed by atoms with Gasteiger partial charge in [0, 0.05) is 18.0 Å². The first-order valence-electron chi connectivity index (χ1n) is 8.36. The molecule has 3 aromatic rings. The van der Waals surface area contributed by atoms with E-state index < -0.39 is 0 Å². The minimum Gasteiger partial charge on any atom is -0.490 e. The second-order valence-corrected chi connectivity index (χ2v) is 5.44. The van der Waals surface area contributed by atoms with Crippen LogP contribution >= 0.6 is 0 Å². The molecule has 0 saturated carbocycles. The third-order valence-electron chi connectivity index (χ3n) is 3.61. The van der Waals surface area contributed by atoms with Gasteiger partial charge in [0.25, 0.3) is 0 Å². The molecule has 0 radical (unpaired) electrons. The van der Waals surface area contributed by atoms with Gasteiger partial charge in [-0.2, -0.15) is 0 Å². The molecule has 136 valence electrons. The van der Waals surface area contributed by atoms with E-state index in [0.717, 1.165) is 4.68 Å². The summed E-state index contributed by atoms with van der Waals surface area (Å²) in [5.74, 6) is 0.808. The van der Waals surface area contributed by atoms with Crippen LogP contribution in [-0.4, -0.2) is 33.3 Å². The second-order valence-electron chi connectivity index (χ2n) is 5.44. The van der Waals surface area contributed by atoms with E-state index in [2.05, 4.69) is 10.4 Å². The largest absolute Gasteiger partial charge is 0.490 e. The van der Waals surface area contributed by atoms with Gasteiger partial charge >= 0.3 is 5.69 Å². The summed E-state index contributed by atoms with van der Waals surface area (Å²) in [4.78, 5) is 24.5. The molecule has 2 aromatic heterocycles. The number of ether oxygens (including phenoxy) is 2. The van der Waals surface area contributed by atoms with E-state index in [1.54, 1.807) is 42.6 Å². The van der Waals surface area contributed by atoms with Crippen LogP contribution in [-0.2, 0) is 11.3 Å². The molecule has 8 nitrogen and oxygen atoms in total. The highest BCUT2D eigenvalue weighted by molar-refractivity contribution is 5.90. The number of carbonyl (C=O) groups excluding carboxylic acids is 1. The van der Waals surface area contributed by atoms with Crippen LogP contribution in [0.1, 0.15) is 13.8 Å². The number of pyridine rings is 1. The number of hydrogen-bond donors (Lipinski definition) is 1. The Morgan fingerprint density at radius 1 is 1.12 bits per heavy atom. The Bertz CT molecular complexity index is 977. The van der Waals surface area contributed by atoms with E-state index in [0.29, 0.717) is 36.0 Å². The van der Waals surface area contributed by atoms with Crippen molar-refractivity contribution in [3.05, 3.63) is 53.1 Å². The standard InChI is InChI=1S/C18H20N4O4/c1-3-25-14-9-8-13(11-15(14)26-4-2)19-17(23)12-22-18(24)21-10-6-5-7-16(21)20-22/h5-11H,3-4,12H2,1-2H3,(H,19,23). The first-order chi connectivity index (χ1) is 12.6. The molecule has 2 heterocycles. The summed E-state index contributed by atoms with van der Waals surface area (Å²) in [6.07, 6.45) is 1.61. The first-order valence-corrected chi connectivity index (χ1v) is 8.36.